The van der Waals surface area contributed by atoms with Crippen LogP contribution in [0.15, 0.2) is 54.6 Å². The predicted octanol–water partition coefficient (Wildman–Crippen LogP) is 3.17. The molecular formula is C21H26N2O2. The normalized spacial score (nSPS) is 15.9. The molecule has 0 bridgehead atoms. The van der Waals surface area contributed by atoms with Gasteiger partial charge >= 0.3 is 0 Å². The Morgan fingerprint density at radius 3 is 2.52 bits per heavy atom. The van der Waals surface area contributed by atoms with Gasteiger partial charge in [0.1, 0.15) is 5.75 Å². The summed E-state index contributed by atoms with van der Waals surface area (Å²) in [5.41, 5.74) is 1.80. The maximum absolute atomic E-state index is 13.1. The number of amides is 1. The SMILES string of the molecule is CN1CCC(N(CCc2ccccc2)C(=O)c2cccc(O)c2)CC1. The maximum Gasteiger partial charge on any atom is 0.254 e. The molecule has 2 aromatic rings. The van der Waals surface area contributed by atoms with E-state index < -0.39 is 0 Å². The van der Waals surface area contributed by atoms with Crippen LogP contribution < -0.4 is 0 Å². The highest BCUT2D eigenvalue weighted by atomic mass is 16.3. The third kappa shape index (κ3) is 4.60. The van der Waals surface area contributed by atoms with Gasteiger partial charge in [0.2, 0.25) is 0 Å². The molecule has 0 saturated carbocycles. The molecule has 0 atom stereocenters. The van der Waals surface area contributed by atoms with Crippen LogP contribution in [0.4, 0.5) is 0 Å². The van der Waals surface area contributed by atoms with E-state index in [2.05, 4.69) is 24.1 Å². The number of phenols is 1. The van der Waals surface area contributed by atoms with E-state index in [1.165, 1.54) is 5.56 Å². The molecular weight excluding hydrogens is 312 g/mol. The summed E-state index contributed by atoms with van der Waals surface area (Å²) in [5.74, 6) is 0.152. The molecule has 132 valence electrons. The van der Waals surface area contributed by atoms with Crippen molar-refractivity contribution in [2.24, 2.45) is 0 Å². The average molecular weight is 338 g/mol. The number of piperidine rings is 1. The molecule has 2 aromatic carbocycles. The fourth-order valence-corrected chi connectivity index (χ4v) is 3.46. The largest absolute Gasteiger partial charge is 0.508 e. The van der Waals surface area contributed by atoms with E-state index in [1.807, 2.05) is 23.1 Å². The Kier molecular flexibility index (Phi) is 5.71. The zero-order valence-electron chi connectivity index (χ0n) is 14.8. The fraction of sp³-hybridized carbons (Fsp3) is 0.381. The average Bonchev–Trinajstić information content (AvgIpc) is 2.64. The molecule has 1 heterocycles. The molecule has 1 fully saturated rings. The lowest BCUT2D eigenvalue weighted by atomic mass is 10.0. The van der Waals surface area contributed by atoms with Crippen LogP contribution in [0.2, 0.25) is 0 Å². The monoisotopic (exact) mass is 338 g/mol. The van der Waals surface area contributed by atoms with Gasteiger partial charge in [-0.25, -0.2) is 0 Å². The summed E-state index contributed by atoms with van der Waals surface area (Å²) in [6.45, 7) is 2.73. The summed E-state index contributed by atoms with van der Waals surface area (Å²) < 4.78 is 0. The smallest absolute Gasteiger partial charge is 0.254 e. The van der Waals surface area contributed by atoms with Gasteiger partial charge in [0.25, 0.3) is 5.91 Å². The lowest BCUT2D eigenvalue weighted by molar-refractivity contribution is 0.0594. The molecule has 1 aliphatic rings. The second-order valence-corrected chi connectivity index (χ2v) is 6.82. The lowest BCUT2D eigenvalue weighted by Crippen LogP contribution is -2.47. The summed E-state index contributed by atoms with van der Waals surface area (Å²) in [6, 6.07) is 17.2. The van der Waals surface area contributed by atoms with E-state index in [1.54, 1.807) is 24.3 Å². The first-order valence-corrected chi connectivity index (χ1v) is 8.96. The molecule has 0 aliphatic carbocycles. The van der Waals surface area contributed by atoms with Crippen molar-refractivity contribution >= 4 is 5.91 Å². The number of phenolic OH excluding ortho intramolecular Hbond substituents is 1. The van der Waals surface area contributed by atoms with Crippen molar-refractivity contribution in [2.45, 2.75) is 25.3 Å². The Labute approximate surface area is 149 Å². The van der Waals surface area contributed by atoms with Crippen LogP contribution in [-0.2, 0) is 6.42 Å². The number of rotatable bonds is 5. The van der Waals surface area contributed by atoms with Gasteiger partial charge in [-0.2, -0.15) is 0 Å². The van der Waals surface area contributed by atoms with Crippen molar-refractivity contribution in [1.29, 1.82) is 0 Å². The predicted molar refractivity (Wildman–Crippen MR) is 99.8 cm³/mol. The highest BCUT2D eigenvalue weighted by Crippen LogP contribution is 2.21. The Morgan fingerprint density at radius 2 is 1.84 bits per heavy atom. The standard InChI is InChI=1S/C21H26N2O2/c1-22-13-11-19(12-14-22)23(15-10-17-6-3-2-4-7-17)21(25)18-8-5-9-20(24)16-18/h2-9,16,19,24H,10-15H2,1H3. The molecule has 1 amide bonds. The Morgan fingerprint density at radius 1 is 1.12 bits per heavy atom. The highest BCUT2D eigenvalue weighted by Gasteiger charge is 2.27. The molecule has 0 spiro atoms. The summed E-state index contributed by atoms with van der Waals surface area (Å²) >= 11 is 0. The first-order valence-electron chi connectivity index (χ1n) is 8.96. The molecule has 1 aliphatic heterocycles. The molecule has 4 nitrogen and oxygen atoms in total. The molecule has 1 N–H and O–H groups in total. The minimum absolute atomic E-state index is 0.0152. The van der Waals surface area contributed by atoms with Crippen LogP contribution in [0.3, 0.4) is 0 Å². The lowest BCUT2D eigenvalue weighted by Gasteiger charge is -2.37. The number of benzene rings is 2. The first-order chi connectivity index (χ1) is 12.1. The number of carbonyl (C=O) groups excluding carboxylic acids is 1. The first kappa shape index (κ1) is 17.5. The number of likely N-dealkylation sites (tertiary alicyclic amines) is 1. The quantitative estimate of drug-likeness (QED) is 0.911. The van der Waals surface area contributed by atoms with E-state index in [-0.39, 0.29) is 17.7 Å². The molecule has 1 saturated heterocycles. The van der Waals surface area contributed by atoms with Crippen molar-refractivity contribution in [3.05, 3.63) is 65.7 Å². The zero-order valence-corrected chi connectivity index (χ0v) is 14.8. The molecule has 25 heavy (non-hydrogen) atoms. The summed E-state index contributed by atoms with van der Waals surface area (Å²) in [4.78, 5) is 17.4. The van der Waals surface area contributed by atoms with Gasteiger partial charge in [-0.3, -0.25) is 4.79 Å². The number of carbonyl (C=O) groups is 1. The van der Waals surface area contributed by atoms with Crippen LogP contribution in [0.25, 0.3) is 0 Å². The molecule has 0 radical (unpaired) electrons. The Bertz CT molecular complexity index is 694. The number of hydrogen-bond donors (Lipinski definition) is 1. The van der Waals surface area contributed by atoms with Gasteiger partial charge in [0, 0.05) is 18.2 Å². The maximum atomic E-state index is 13.1. The van der Waals surface area contributed by atoms with Crippen LogP contribution in [0, 0.1) is 0 Å². The molecule has 0 aromatic heterocycles. The second-order valence-electron chi connectivity index (χ2n) is 6.82. The number of nitrogens with zero attached hydrogens (tertiary/aromatic N) is 2. The summed E-state index contributed by atoms with van der Waals surface area (Å²) in [5, 5.41) is 9.72. The molecule has 3 rings (SSSR count). The molecule has 4 heteroatoms. The van der Waals surface area contributed by atoms with Crippen LogP contribution in [0.5, 0.6) is 5.75 Å². The van der Waals surface area contributed by atoms with E-state index in [0.29, 0.717) is 12.1 Å². The van der Waals surface area contributed by atoms with Gasteiger partial charge in [0.05, 0.1) is 0 Å². The number of aromatic hydroxyl groups is 1. The topological polar surface area (TPSA) is 43.8 Å². The van der Waals surface area contributed by atoms with E-state index >= 15 is 0 Å². The van der Waals surface area contributed by atoms with Gasteiger partial charge in [0.15, 0.2) is 0 Å². The van der Waals surface area contributed by atoms with Gasteiger partial charge in [-0.05, 0) is 63.2 Å². The summed E-state index contributed by atoms with van der Waals surface area (Å²) in [6.07, 6.45) is 2.84. The minimum atomic E-state index is 0.0152. The van der Waals surface area contributed by atoms with Crippen LogP contribution in [0.1, 0.15) is 28.8 Å². The van der Waals surface area contributed by atoms with Gasteiger partial charge in [-0.1, -0.05) is 36.4 Å². The van der Waals surface area contributed by atoms with Crippen LogP contribution in [-0.4, -0.2) is 53.5 Å². The fourth-order valence-electron chi connectivity index (χ4n) is 3.46. The molecule has 0 unspecified atom stereocenters. The summed E-state index contributed by atoms with van der Waals surface area (Å²) in [7, 11) is 2.13. The van der Waals surface area contributed by atoms with Crippen molar-refractivity contribution in [3.63, 3.8) is 0 Å². The van der Waals surface area contributed by atoms with Crippen LogP contribution >= 0.6 is 0 Å². The van der Waals surface area contributed by atoms with Crippen molar-refractivity contribution < 1.29 is 9.90 Å². The Hall–Kier alpha value is -2.33. The number of hydrogen-bond acceptors (Lipinski definition) is 3. The second kappa shape index (κ2) is 8.17. The highest BCUT2D eigenvalue weighted by molar-refractivity contribution is 5.94. The van der Waals surface area contributed by atoms with Crippen molar-refractivity contribution in [2.75, 3.05) is 26.7 Å². The van der Waals surface area contributed by atoms with Crippen molar-refractivity contribution in [3.8, 4) is 5.75 Å². The van der Waals surface area contributed by atoms with E-state index in [0.717, 1.165) is 32.4 Å². The third-order valence-electron chi connectivity index (χ3n) is 4.97. The third-order valence-corrected chi connectivity index (χ3v) is 4.97. The zero-order chi connectivity index (χ0) is 17.6. The van der Waals surface area contributed by atoms with E-state index in [4.69, 9.17) is 0 Å². The van der Waals surface area contributed by atoms with E-state index in [9.17, 15) is 9.90 Å². The van der Waals surface area contributed by atoms with Gasteiger partial charge < -0.3 is 14.9 Å². The van der Waals surface area contributed by atoms with Gasteiger partial charge in [-0.15, -0.1) is 0 Å². The minimum Gasteiger partial charge on any atom is -0.508 e. The Balaban J connectivity index is 1.77. The van der Waals surface area contributed by atoms with Crippen molar-refractivity contribution in [1.82, 2.24) is 9.80 Å².